The molecule has 28 heavy (non-hydrogen) atoms. The van der Waals surface area contributed by atoms with Crippen molar-refractivity contribution in [1.82, 2.24) is 0 Å². The van der Waals surface area contributed by atoms with Crippen molar-refractivity contribution in [3.63, 3.8) is 0 Å². The lowest BCUT2D eigenvalue weighted by Crippen LogP contribution is -2.22. The van der Waals surface area contributed by atoms with E-state index in [1.165, 1.54) is 56.3 Å². The highest BCUT2D eigenvalue weighted by Crippen LogP contribution is 2.55. The van der Waals surface area contributed by atoms with Gasteiger partial charge in [-0.1, -0.05) is 48.9 Å². The van der Waals surface area contributed by atoms with Crippen molar-refractivity contribution < 1.29 is 9.90 Å². The molecule has 4 atom stereocenters. The first-order valence-corrected chi connectivity index (χ1v) is 12.4. The average molecular weight is 401 g/mol. The summed E-state index contributed by atoms with van der Waals surface area (Å²) in [5.41, 5.74) is 1.44. The molecule has 2 aliphatic rings. The van der Waals surface area contributed by atoms with Crippen molar-refractivity contribution in [3.05, 3.63) is 48.0 Å². The number of carboxylic acids is 1. The first kappa shape index (κ1) is 21.5. The zero-order chi connectivity index (χ0) is 19.6. The molecule has 0 radical (unpaired) electrons. The summed E-state index contributed by atoms with van der Waals surface area (Å²) in [6.07, 6.45) is 16.3. The van der Waals surface area contributed by atoms with E-state index < -0.39 is 5.97 Å². The Labute approximate surface area is 175 Å². The smallest absolute Gasteiger partial charge is 0.303 e. The molecule has 2 nitrogen and oxygen atoms in total. The largest absolute Gasteiger partial charge is 0.481 e. The number of hydrogen-bond donors (Lipinski definition) is 1. The quantitative estimate of drug-likeness (QED) is 0.287. The van der Waals surface area contributed by atoms with Crippen LogP contribution in [0.2, 0.25) is 0 Å². The van der Waals surface area contributed by atoms with Crippen LogP contribution in [-0.4, -0.2) is 16.8 Å². The normalized spacial score (nSPS) is 26.3. The number of unbranched alkanes of at least 4 members (excludes halogenated alkanes) is 2. The second-order valence-electron chi connectivity index (χ2n) is 8.69. The number of carboxylic acid groups (broad SMARTS) is 1. The standard InChI is InChI=1S/C25H36O2S/c26-25(27)14-7-2-1-6-12-23-21-15-16-22(18-21)24(23)13-8-9-17-28-19-20-10-4-3-5-11-20/h1,3-6,10-11,21-24H,2,7-9,12-19H2,(H,26,27)/b6-1-/t21-,22+,23-,24+/m0/s1. The summed E-state index contributed by atoms with van der Waals surface area (Å²) in [4.78, 5) is 10.6. The lowest BCUT2D eigenvalue weighted by molar-refractivity contribution is -0.137. The van der Waals surface area contributed by atoms with Crippen LogP contribution in [0, 0.1) is 23.7 Å². The van der Waals surface area contributed by atoms with Crippen molar-refractivity contribution >= 4 is 17.7 Å². The molecule has 0 amide bonds. The number of fused-ring (bicyclic) bond motifs is 2. The van der Waals surface area contributed by atoms with Gasteiger partial charge in [0.15, 0.2) is 0 Å². The summed E-state index contributed by atoms with van der Waals surface area (Å²) >= 11 is 2.08. The molecule has 2 saturated carbocycles. The maximum atomic E-state index is 10.6. The third-order valence-electron chi connectivity index (χ3n) is 6.80. The second-order valence-corrected chi connectivity index (χ2v) is 9.79. The van der Waals surface area contributed by atoms with Crippen LogP contribution in [0.1, 0.15) is 69.8 Å². The van der Waals surface area contributed by atoms with Crippen LogP contribution < -0.4 is 0 Å². The summed E-state index contributed by atoms with van der Waals surface area (Å²) in [6.45, 7) is 0. The molecule has 1 aromatic carbocycles. The van der Waals surface area contributed by atoms with Gasteiger partial charge in [0.05, 0.1) is 0 Å². The Bertz CT molecular complexity index is 612. The number of allylic oxidation sites excluding steroid dienone is 2. The molecule has 3 rings (SSSR count). The molecular weight excluding hydrogens is 364 g/mol. The van der Waals surface area contributed by atoms with Gasteiger partial charge in [0.2, 0.25) is 0 Å². The highest BCUT2D eigenvalue weighted by molar-refractivity contribution is 7.98. The third kappa shape index (κ3) is 6.69. The number of thioether (sulfide) groups is 1. The van der Waals surface area contributed by atoms with Crippen LogP contribution in [0.15, 0.2) is 42.5 Å². The van der Waals surface area contributed by atoms with Gasteiger partial charge >= 0.3 is 5.97 Å². The first-order chi connectivity index (χ1) is 13.7. The average Bonchev–Trinajstić information content (AvgIpc) is 3.30. The van der Waals surface area contributed by atoms with E-state index in [1.807, 2.05) is 0 Å². The Morgan fingerprint density at radius 1 is 1.04 bits per heavy atom. The maximum Gasteiger partial charge on any atom is 0.303 e. The van der Waals surface area contributed by atoms with Crippen molar-refractivity contribution in [2.75, 3.05) is 5.75 Å². The molecule has 2 fully saturated rings. The highest BCUT2D eigenvalue weighted by atomic mass is 32.2. The monoisotopic (exact) mass is 400 g/mol. The highest BCUT2D eigenvalue weighted by Gasteiger charge is 2.45. The Morgan fingerprint density at radius 3 is 2.61 bits per heavy atom. The van der Waals surface area contributed by atoms with Crippen LogP contribution in [0.3, 0.4) is 0 Å². The number of benzene rings is 1. The lowest BCUT2D eigenvalue weighted by Gasteiger charge is -2.30. The van der Waals surface area contributed by atoms with E-state index >= 15 is 0 Å². The van der Waals surface area contributed by atoms with E-state index in [1.54, 1.807) is 0 Å². The van der Waals surface area contributed by atoms with E-state index in [0.717, 1.165) is 42.3 Å². The van der Waals surface area contributed by atoms with Crippen molar-refractivity contribution in [1.29, 1.82) is 0 Å². The topological polar surface area (TPSA) is 37.3 Å². The summed E-state index contributed by atoms with van der Waals surface area (Å²) in [6, 6.07) is 10.8. The molecule has 1 N–H and O–H groups in total. The number of aliphatic carboxylic acids is 1. The fourth-order valence-corrected chi connectivity index (χ4v) is 6.42. The summed E-state index contributed by atoms with van der Waals surface area (Å²) < 4.78 is 0. The van der Waals surface area contributed by atoms with Gasteiger partial charge in [-0.3, -0.25) is 4.79 Å². The Hall–Kier alpha value is -1.22. The predicted molar refractivity (Wildman–Crippen MR) is 120 cm³/mol. The van der Waals surface area contributed by atoms with E-state index in [-0.39, 0.29) is 0 Å². The molecule has 154 valence electrons. The van der Waals surface area contributed by atoms with Gasteiger partial charge in [0.1, 0.15) is 0 Å². The van der Waals surface area contributed by atoms with Crippen LogP contribution in [-0.2, 0) is 10.5 Å². The van der Waals surface area contributed by atoms with Crippen LogP contribution in [0.5, 0.6) is 0 Å². The number of hydrogen-bond acceptors (Lipinski definition) is 2. The molecule has 0 unspecified atom stereocenters. The maximum absolute atomic E-state index is 10.6. The fourth-order valence-electron chi connectivity index (χ4n) is 5.44. The minimum atomic E-state index is -0.677. The number of rotatable bonds is 13. The zero-order valence-electron chi connectivity index (χ0n) is 17.1. The lowest BCUT2D eigenvalue weighted by atomic mass is 9.75. The van der Waals surface area contributed by atoms with Gasteiger partial charge in [-0.2, -0.15) is 11.8 Å². The Balaban J connectivity index is 1.31. The molecule has 3 heteroatoms. The molecule has 2 aliphatic carbocycles. The van der Waals surface area contributed by atoms with Gasteiger partial charge < -0.3 is 5.11 Å². The molecule has 1 aromatic rings. The molecular formula is C25H36O2S. The molecule has 0 heterocycles. The van der Waals surface area contributed by atoms with Gasteiger partial charge in [-0.15, -0.1) is 0 Å². The predicted octanol–water partition coefficient (Wildman–Crippen LogP) is 6.95. The zero-order valence-corrected chi connectivity index (χ0v) is 17.9. The summed E-state index contributed by atoms with van der Waals surface area (Å²) in [5, 5.41) is 8.72. The number of carbonyl (C=O) groups is 1. The Morgan fingerprint density at radius 2 is 1.82 bits per heavy atom. The molecule has 2 bridgehead atoms. The first-order valence-electron chi connectivity index (χ1n) is 11.2. The van der Waals surface area contributed by atoms with Crippen molar-refractivity contribution in [3.8, 4) is 0 Å². The van der Waals surface area contributed by atoms with Crippen molar-refractivity contribution in [2.24, 2.45) is 23.7 Å². The summed E-state index contributed by atoms with van der Waals surface area (Å²) in [5.74, 6) is 5.55. The van der Waals surface area contributed by atoms with Crippen LogP contribution >= 0.6 is 11.8 Å². The van der Waals surface area contributed by atoms with Crippen molar-refractivity contribution in [2.45, 2.75) is 70.0 Å². The minimum Gasteiger partial charge on any atom is -0.481 e. The third-order valence-corrected chi connectivity index (χ3v) is 7.91. The van der Waals surface area contributed by atoms with E-state index in [9.17, 15) is 4.79 Å². The van der Waals surface area contributed by atoms with Gasteiger partial charge in [0.25, 0.3) is 0 Å². The molecule has 0 aliphatic heterocycles. The van der Waals surface area contributed by atoms with Crippen LogP contribution in [0.25, 0.3) is 0 Å². The molecule has 0 saturated heterocycles. The van der Waals surface area contributed by atoms with Crippen LogP contribution in [0.4, 0.5) is 0 Å². The Kier molecular flexibility index (Phi) is 8.98. The molecule has 0 spiro atoms. The van der Waals surface area contributed by atoms with E-state index in [2.05, 4.69) is 54.2 Å². The SMILES string of the molecule is O=C(O)CCC/C=C\C[C@H]1[C@H]2CC[C@H](C2)[C@H]1CCCCSCc1ccccc1. The summed E-state index contributed by atoms with van der Waals surface area (Å²) in [7, 11) is 0. The van der Waals surface area contributed by atoms with E-state index in [0.29, 0.717) is 6.42 Å². The van der Waals surface area contributed by atoms with E-state index in [4.69, 9.17) is 5.11 Å². The fraction of sp³-hybridized carbons (Fsp3) is 0.640. The van der Waals surface area contributed by atoms with Gasteiger partial charge in [0, 0.05) is 12.2 Å². The molecule has 0 aromatic heterocycles. The van der Waals surface area contributed by atoms with Gasteiger partial charge in [-0.25, -0.2) is 0 Å². The minimum absolute atomic E-state index is 0.295. The second kappa shape index (κ2) is 11.7. The van der Waals surface area contributed by atoms with Gasteiger partial charge in [-0.05, 0) is 86.4 Å².